The van der Waals surface area contributed by atoms with Crippen LogP contribution in [0.25, 0.3) is 0 Å². The van der Waals surface area contributed by atoms with E-state index in [-0.39, 0.29) is 76.9 Å². The number of aromatic hydroxyl groups is 1. The van der Waals surface area contributed by atoms with Crippen LogP contribution in [0.3, 0.4) is 0 Å². The summed E-state index contributed by atoms with van der Waals surface area (Å²) in [5, 5.41) is 9.01. The van der Waals surface area contributed by atoms with Crippen LogP contribution >= 0.6 is 58.0 Å². The van der Waals surface area contributed by atoms with Gasteiger partial charge in [-0.25, -0.2) is 0 Å². The van der Waals surface area contributed by atoms with Crippen LogP contribution in [0.1, 0.15) is 2.85 Å². The predicted octanol–water partition coefficient (Wildman–Crippen LogP) is 3.68. The maximum atomic E-state index is 9.20. The van der Waals surface area contributed by atoms with Gasteiger partial charge >= 0.3 is 37.7 Å². The summed E-state index contributed by atoms with van der Waals surface area (Å²) in [7, 11) is 0. The summed E-state index contributed by atoms with van der Waals surface area (Å²) in [6.07, 6.45) is 0. The number of halogens is 5. The van der Waals surface area contributed by atoms with Crippen LogP contribution in [0.4, 0.5) is 0 Å². The molecule has 0 aromatic heterocycles. The van der Waals surface area contributed by atoms with Gasteiger partial charge in [0.2, 0.25) is 0 Å². The summed E-state index contributed by atoms with van der Waals surface area (Å²) in [6.45, 7) is 0. The second-order valence-corrected chi connectivity index (χ2v) is 3.81. The molecule has 0 saturated heterocycles. The van der Waals surface area contributed by atoms with E-state index < -0.39 is 0 Å². The smallest absolute Gasteiger partial charge is 1.00 e. The standard InChI is InChI=1S/C6HCl5O.Ca.H2O.2H/c7-1-2(8)4(10)6(12)5(11)3(1)9;;;;/h12H;;1H2;;/q;+2;;2*-1. The molecule has 2 nitrogen and oxygen atoms in total. The summed E-state index contributed by atoms with van der Waals surface area (Å²) < 4.78 is 0. The Morgan fingerprint density at radius 1 is 0.714 bits per heavy atom. The maximum absolute atomic E-state index is 9.20. The van der Waals surface area contributed by atoms with E-state index in [0.717, 1.165) is 0 Å². The monoisotopic (exact) mass is 324 g/mol. The maximum Gasteiger partial charge on any atom is 2.00 e. The fourth-order valence-corrected chi connectivity index (χ4v) is 1.72. The Labute approximate surface area is 138 Å². The number of phenols is 1. The van der Waals surface area contributed by atoms with Crippen molar-refractivity contribution in [3.63, 3.8) is 0 Å². The van der Waals surface area contributed by atoms with Gasteiger partial charge in [-0.3, -0.25) is 0 Å². The Morgan fingerprint density at radius 2 is 0.929 bits per heavy atom. The molecular weight excluding hydrogens is 321 g/mol. The van der Waals surface area contributed by atoms with Crippen LogP contribution in [0.15, 0.2) is 0 Å². The molecule has 0 fully saturated rings. The largest absolute Gasteiger partial charge is 2.00 e. The molecule has 0 atom stereocenters. The van der Waals surface area contributed by atoms with Crippen molar-refractivity contribution in [2.45, 2.75) is 0 Å². The van der Waals surface area contributed by atoms with Crippen molar-refractivity contribution in [1.82, 2.24) is 0 Å². The van der Waals surface area contributed by atoms with Gasteiger partial charge in [0.25, 0.3) is 0 Å². The molecule has 14 heavy (non-hydrogen) atoms. The van der Waals surface area contributed by atoms with Crippen molar-refractivity contribution in [2.75, 3.05) is 0 Å². The van der Waals surface area contributed by atoms with Crippen molar-refractivity contribution < 1.29 is 13.4 Å². The summed E-state index contributed by atoms with van der Waals surface area (Å²) in [5.41, 5.74) is 0. The Hall–Kier alpha value is 1.69. The van der Waals surface area contributed by atoms with Crippen LogP contribution < -0.4 is 0 Å². The van der Waals surface area contributed by atoms with Gasteiger partial charge in [0.1, 0.15) is 10.0 Å². The summed E-state index contributed by atoms with van der Waals surface area (Å²) in [6, 6.07) is 0. The SMILES string of the molecule is O.Oc1c(Cl)c(Cl)c(Cl)c(Cl)c1Cl.[Ca+2].[H-].[H-]. The zero-order chi connectivity index (χ0) is 9.46. The first-order chi connectivity index (χ1) is 5.46. The van der Waals surface area contributed by atoms with Gasteiger partial charge < -0.3 is 13.4 Å². The average Bonchev–Trinajstić information content (AvgIpc) is 2.08. The quantitative estimate of drug-likeness (QED) is 0.441. The van der Waals surface area contributed by atoms with Crippen LogP contribution in [-0.2, 0) is 0 Å². The number of phenolic OH excluding ortho intramolecular Hbond substituents is 1. The first kappa shape index (κ1) is 18.1. The molecule has 0 unspecified atom stereocenters. The van der Waals surface area contributed by atoms with Crippen molar-refractivity contribution in [1.29, 1.82) is 0 Å². The molecule has 1 aromatic rings. The molecule has 8 heteroatoms. The zero-order valence-corrected chi connectivity index (χ0v) is 12.5. The fourth-order valence-electron chi connectivity index (χ4n) is 0.593. The molecule has 1 aromatic carbocycles. The first-order valence-electron chi connectivity index (χ1n) is 2.67. The van der Waals surface area contributed by atoms with Gasteiger partial charge in [-0.05, 0) is 0 Å². The van der Waals surface area contributed by atoms with E-state index in [4.69, 9.17) is 58.0 Å². The van der Waals surface area contributed by atoms with Gasteiger partial charge in [0.15, 0.2) is 5.75 Å². The van der Waals surface area contributed by atoms with Crippen molar-refractivity contribution in [3.8, 4) is 5.75 Å². The Kier molecular flexibility index (Phi) is 9.16. The molecule has 0 spiro atoms. The summed E-state index contributed by atoms with van der Waals surface area (Å²) >= 11 is 27.9. The van der Waals surface area contributed by atoms with Gasteiger partial charge in [0.05, 0.1) is 15.1 Å². The Balaban J connectivity index is -0.000000180. The van der Waals surface area contributed by atoms with Crippen molar-refractivity contribution >= 4 is 95.7 Å². The third-order valence-corrected chi connectivity index (χ3v) is 3.44. The molecule has 78 valence electrons. The van der Waals surface area contributed by atoms with Crippen LogP contribution in [0.5, 0.6) is 5.75 Å². The van der Waals surface area contributed by atoms with Crippen LogP contribution in [0.2, 0.25) is 25.1 Å². The topological polar surface area (TPSA) is 51.7 Å². The minimum Gasteiger partial charge on any atom is -1.00 e. The average molecular weight is 326 g/mol. The Morgan fingerprint density at radius 3 is 1.21 bits per heavy atom. The number of hydrogen-bond donors (Lipinski definition) is 1. The summed E-state index contributed by atoms with van der Waals surface area (Å²) in [5.74, 6) is -0.363. The molecular formula is C6H5CaCl5O2. The van der Waals surface area contributed by atoms with Crippen LogP contribution in [0, 0.1) is 0 Å². The molecule has 0 saturated carbocycles. The van der Waals surface area contributed by atoms with Crippen LogP contribution in [-0.4, -0.2) is 48.3 Å². The van der Waals surface area contributed by atoms with E-state index in [1.165, 1.54) is 0 Å². The third kappa shape index (κ3) is 3.34. The molecule has 0 bridgehead atoms. The molecule has 0 radical (unpaired) electrons. The third-order valence-electron chi connectivity index (χ3n) is 1.19. The van der Waals surface area contributed by atoms with Gasteiger partial charge in [0, 0.05) is 0 Å². The Bertz CT molecular complexity index is 247. The normalized spacial score (nSPS) is 8.93. The van der Waals surface area contributed by atoms with Gasteiger partial charge in [-0.1, -0.05) is 58.0 Å². The number of benzene rings is 1. The summed E-state index contributed by atoms with van der Waals surface area (Å²) in [4.78, 5) is 0. The predicted molar refractivity (Wildman–Crippen MR) is 64.7 cm³/mol. The second kappa shape index (κ2) is 7.10. The van der Waals surface area contributed by atoms with E-state index in [9.17, 15) is 5.11 Å². The van der Waals surface area contributed by atoms with Gasteiger partial charge in [-0.2, -0.15) is 0 Å². The number of rotatable bonds is 0. The number of hydrogen-bond acceptors (Lipinski definition) is 1. The first-order valence-corrected chi connectivity index (χ1v) is 4.56. The fraction of sp³-hybridized carbons (Fsp3) is 0. The molecule has 1 rings (SSSR count). The molecule has 0 amide bonds. The van der Waals surface area contributed by atoms with E-state index in [0.29, 0.717) is 0 Å². The van der Waals surface area contributed by atoms with Crippen molar-refractivity contribution in [2.24, 2.45) is 0 Å². The molecule has 0 aliphatic carbocycles. The minimum atomic E-state index is -0.363. The molecule has 0 aliphatic heterocycles. The van der Waals surface area contributed by atoms with E-state index in [2.05, 4.69) is 0 Å². The molecule has 0 aliphatic rings. The van der Waals surface area contributed by atoms with E-state index in [1.54, 1.807) is 0 Å². The zero-order valence-electron chi connectivity index (χ0n) is 8.54. The van der Waals surface area contributed by atoms with Crippen molar-refractivity contribution in [3.05, 3.63) is 25.1 Å². The van der Waals surface area contributed by atoms with E-state index >= 15 is 0 Å². The molecule has 0 heterocycles. The van der Waals surface area contributed by atoms with E-state index in [1.807, 2.05) is 0 Å². The second-order valence-electron chi connectivity index (χ2n) is 1.92. The van der Waals surface area contributed by atoms with Gasteiger partial charge in [-0.15, -0.1) is 0 Å². The minimum absolute atomic E-state index is 0. The molecule has 3 N–H and O–H groups in total.